The standard InChI is InChI=1S/C19H23N3O/c1-14-7-8-18(22-10-3-4-11-22)17(12-14)19(23)21-15(2)16-6-5-9-20-13-16/h5-9,12-13,15H,3-4,10-11H2,1-2H3,(H,21,23)/t15-/m0/s1. The van der Waals surface area contributed by atoms with Crippen molar-refractivity contribution in [3.05, 3.63) is 59.4 Å². The molecule has 2 heterocycles. The third kappa shape index (κ3) is 3.52. The molecular formula is C19H23N3O. The Hall–Kier alpha value is -2.36. The van der Waals surface area contributed by atoms with Gasteiger partial charge in [-0.1, -0.05) is 17.7 Å². The molecule has 0 unspecified atom stereocenters. The first kappa shape index (κ1) is 15.5. The van der Waals surface area contributed by atoms with Gasteiger partial charge in [0, 0.05) is 31.2 Å². The summed E-state index contributed by atoms with van der Waals surface area (Å²) in [4.78, 5) is 19.2. The number of pyridine rings is 1. The normalized spacial score (nSPS) is 15.5. The number of rotatable bonds is 4. The summed E-state index contributed by atoms with van der Waals surface area (Å²) in [5.41, 5.74) is 3.93. The molecule has 1 aliphatic rings. The number of hydrogen-bond acceptors (Lipinski definition) is 3. The summed E-state index contributed by atoms with van der Waals surface area (Å²) in [5.74, 6) is -0.0213. The summed E-state index contributed by atoms with van der Waals surface area (Å²) < 4.78 is 0. The number of anilines is 1. The van der Waals surface area contributed by atoms with Crippen molar-refractivity contribution in [1.29, 1.82) is 0 Å². The second kappa shape index (κ2) is 6.82. The molecule has 4 heteroatoms. The molecule has 0 spiro atoms. The molecule has 1 saturated heterocycles. The van der Waals surface area contributed by atoms with E-state index in [2.05, 4.69) is 27.3 Å². The SMILES string of the molecule is Cc1ccc(N2CCCC2)c(C(=O)N[C@@H](C)c2cccnc2)c1. The molecule has 1 aliphatic heterocycles. The Balaban J connectivity index is 1.82. The van der Waals surface area contributed by atoms with Crippen molar-refractivity contribution in [1.82, 2.24) is 10.3 Å². The molecule has 0 radical (unpaired) electrons. The highest BCUT2D eigenvalue weighted by atomic mass is 16.1. The van der Waals surface area contributed by atoms with E-state index in [0.29, 0.717) is 0 Å². The van der Waals surface area contributed by atoms with Crippen molar-refractivity contribution < 1.29 is 4.79 Å². The van der Waals surface area contributed by atoms with E-state index in [-0.39, 0.29) is 11.9 Å². The quantitative estimate of drug-likeness (QED) is 0.940. The van der Waals surface area contributed by atoms with Crippen LogP contribution in [0.1, 0.15) is 47.3 Å². The maximum atomic E-state index is 12.8. The zero-order valence-electron chi connectivity index (χ0n) is 13.7. The molecule has 1 atom stereocenters. The van der Waals surface area contributed by atoms with Crippen LogP contribution >= 0.6 is 0 Å². The Kier molecular flexibility index (Phi) is 4.60. The van der Waals surface area contributed by atoms with Gasteiger partial charge in [-0.05, 0) is 50.5 Å². The van der Waals surface area contributed by atoms with Gasteiger partial charge in [-0.25, -0.2) is 0 Å². The van der Waals surface area contributed by atoms with Gasteiger partial charge in [-0.2, -0.15) is 0 Å². The van der Waals surface area contributed by atoms with Gasteiger partial charge in [0.25, 0.3) is 5.91 Å². The number of nitrogens with zero attached hydrogens (tertiary/aromatic N) is 2. The highest BCUT2D eigenvalue weighted by Gasteiger charge is 2.20. The first-order valence-electron chi connectivity index (χ1n) is 8.21. The monoisotopic (exact) mass is 309 g/mol. The highest BCUT2D eigenvalue weighted by molar-refractivity contribution is 6.00. The van der Waals surface area contributed by atoms with Crippen molar-refractivity contribution in [3.63, 3.8) is 0 Å². The van der Waals surface area contributed by atoms with Crippen LogP contribution in [-0.4, -0.2) is 24.0 Å². The number of hydrogen-bond donors (Lipinski definition) is 1. The van der Waals surface area contributed by atoms with Crippen molar-refractivity contribution in [2.45, 2.75) is 32.7 Å². The van der Waals surface area contributed by atoms with E-state index in [0.717, 1.165) is 35.5 Å². The molecule has 1 aromatic carbocycles. The molecule has 0 bridgehead atoms. The summed E-state index contributed by atoms with van der Waals surface area (Å²) in [6.07, 6.45) is 5.93. The van der Waals surface area contributed by atoms with Gasteiger partial charge in [0.15, 0.2) is 0 Å². The van der Waals surface area contributed by atoms with E-state index in [1.165, 1.54) is 12.8 Å². The van der Waals surface area contributed by atoms with Crippen molar-refractivity contribution >= 4 is 11.6 Å². The predicted octanol–water partition coefficient (Wildman–Crippen LogP) is 3.48. The fraction of sp³-hybridized carbons (Fsp3) is 0.368. The minimum atomic E-state index is -0.0665. The van der Waals surface area contributed by atoms with Crippen LogP contribution in [0.4, 0.5) is 5.69 Å². The molecule has 4 nitrogen and oxygen atoms in total. The lowest BCUT2D eigenvalue weighted by Gasteiger charge is -2.22. The number of amides is 1. The van der Waals surface area contributed by atoms with E-state index in [4.69, 9.17) is 0 Å². The van der Waals surface area contributed by atoms with Crippen LogP contribution in [0.25, 0.3) is 0 Å². The number of nitrogens with one attached hydrogen (secondary N) is 1. The van der Waals surface area contributed by atoms with Crippen molar-refractivity contribution in [2.24, 2.45) is 0 Å². The van der Waals surface area contributed by atoms with Crippen LogP contribution in [-0.2, 0) is 0 Å². The summed E-state index contributed by atoms with van der Waals surface area (Å²) >= 11 is 0. The second-order valence-electron chi connectivity index (χ2n) is 6.20. The number of carbonyl (C=O) groups excluding carboxylic acids is 1. The van der Waals surface area contributed by atoms with Gasteiger partial charge in [0.05, 0.1) is 11.6 Å². The minimum absolute atomic E-state index is 0.0213. The van der Waals surface area contributed by atoms with Gasteiger partial charge in [-0.3, -0.25) is 9.78 Å². The van der Waals surface area contributed by atoms with Gasteiger partial charge >= 0.3 is 0 Å². The van der Waals surface area contributed by atoms with Crippen LogP contribution in [0.2, 0.25) is 0 Å². The van der Waals surface area contributed by atoms with Gasteiger partial charge in [0.1, 0.15) is 0 Å². The molecule has 23 heavy (non-hydrogen) atoms. The molecule has 1 aromatic heterocycles. The molecule has 1 fully saturated rings. The second-order valence-corrected chi connectivity index (χ2v) is 6.20. The van der Waals surface area contributed by atoms with Crippen LogP contribution in [0.3, 0.4) is 0 Å². The summed E-state index contributed by atoms with van der Waals surface area (Å²) in [7, 11) is 0. The lowest BCUT2D eigenvalue weighted by Crippen LogP contribution is -2.29. The van der Waals surface area contributed by atoms with Gasteiger partial charge < -0.3 is 10.2 Å². The van der Waals surface area contributed by atoms with Gasteiger partial charge in [-0.15, -0.1) is 0 Å². The maximum absolute atomic E-state index is 12.8. The number of benzene rings is 1. The van der Waals surface area contributed by atoms with Crippen molar-refractivity contribution in [3.8, 4) is 0 Å². The van der Waals surface area contributed by atoms with Crippen LogP contribution in [0.15, 0.2) is 42.7 Å². The van der Waals surface area contributed by atoms with E-state index >= 15 is 0 Å². The minimum Gasteiger partial charge on any atom is -0.371 e. The molecule has 2 aromatic rings. The maximum Gasteiger partial charge on any atom is 0.253 e. The average molecular weight is 309 g/mol. The topological polar surface area (TPSA) is 45.2 Å². The Morgan fingerprint density at radius 1 is 1.26 bits per heavy atom. The molecule has 0 aliphatic carbocycles. The lowest BCUT2D eigenvalue weighted by molar-refractivity contribution is 0.0940. The van der Waals surface area contributed by atoms with Crippen LogP contribution in [0.5, 0.6) is 0 Å². The zero-order chi connectivity index (χ0) is 16.2. The van der Waals surface area contributed by atoms with Crippen molar-refractivity contribution in [2.75, 3.05) is 18.0 Å². The number of aryl methyl sites for hydroxylation is 1. The Labute approximate surface area is 137 Å². The molecule has 3 rings (SSSR count). The zero-order valence-corrected chi connectivity index (χ0v) is 13.7. The predicted molar refractivity (Wildman–Crippen MR) is 92.7 cm³/mol. The first-order valence-corrected chi connectivity index (χ1v) is 8.21. The fourth-order valence-electron chi connectivity index (χ4n) is 3.06. The molecule has 0 saturated carbocycles. The van der Waals surface area contributed by atoms with E-state index in [9.17, 15) is 4.79 Å². The number of aromatic nitrogens is 1. The lowest BCUT2D eigenvalue weighted by atomic mass is 10.1. The van der Waals surface area contributed by atoms with Gasteiger partial charge in [0.2, 0.25) is 0 Å². The average Bonchev–Trinajstić information content (AvgIpc) is 3.09. The third-order valence-electron chi connectivity index (χ3n) is 4.38. The Bertz CT molecular complexity index is 678. The summed E-state index contributed by atoms with van der Waals surface area (Å²) in [6, 6.07) is 9.94. The Morgan fingerprint density at radius 2 is 2.04 bits per heavy atom. The molecule has 120 valence electrons. The van der Waals surface area contributed by atoms with Crippen LogP contribution in [0, 0.1) is 6.92 Å². The van der Waals surface area contributed by atoms with E-state index < -0.39 is 0 Å². The van der Waals surface area contributed by atoms with E-state index in [1.54, 1.807) is 12.4 Å². The molecule has 1 amide bonds. The molecule has 1 N–H and O–H groups in total. The smallest absolute Gasteiger partial charge is 0.253 e. The third-order valence-corrected chi connectivity index (χ3v) is 4.38. The van der Waals surface area contributed by atoms with Crippen LogP contribution < -0.4 is 10.2 Å². The Morgan fingerprint density at radius 3 is 2.74 bits per heavy atom. The largest absolute Gasteiger partial charge is 0.371 e. The number of carbonyl (C=O) groups is 1. The highest BCUT2D eigenvalue weighted by Crippen LogP contribution is 2.26. The molecular weight excluding hydrogens is 286 g/mol. The fourth-order valence-corrected chi connectivity index (χ4v) is 3.06. The summed E-state index contributed by atoms with van der Waals surface area (Å²) in [6.45, 7) is 6.07. The summed E-state index contributed by atoms with van der Waals surface area (Å²) in [5, 5.41) is 3.10. The van der Waals surface area contributed by atoms with E-state index in [1.807, 2.05) is 32.0 Å². The first-order chi connectivity index (χ1) is 11.1.